The molecule has 0 aliphatic carbocycles. The summed E-state index contributed by atoms with van der Waals surface area (Å²) >= 11 is 0. The molecule has 2 atom stereocenters. The van der Waals surface area contributed by atoms with Crippen molar-refractivity contribution in [3.8, 4) is 5.75 Å². The van der Waals surface area contributed by atoms with Gasteiger partial charge in [-0.1, -0.05) is 18.2 Å². The van der Waals surface area contributed by atoms with Crippen molar-refractivity contribution in [3.63, 3.8) is 0 Å². The van der Waals surface area contributed by atoms with Gasteiger partial charge in [0.05, 0.1) is 13.2 Å². The van der Waals surface area contributed by atoms with E-state index < -0.39 is 18.2 Å². The summed E-state index contributed by atoms with van der Waals surface area (Å²) in [6, 6.07) is 9.04. The fourth-order valence-electron chi connectivity index (χ4n) is 2.01. The van der Waals surface area contributed by atoms with Gasteiger partial charge in [-0.25, -0.2) is 4.79 Å². The van der Waals surface area contributed by atoms with Crippen LogP contribution in [0.5, 0.6) is 5.75 Å². The Morgan fingerprint density at radius 1 is 1.40 bits per heavy atom. The molecule has 0 radical (unpaired) electrons. The van der Waals surface area contributed by atoms with Crippen molar-refractivity contribution < 1.29 is 24.2 Å². The number of carbonyl (C=O) groups is 2. The second-order valence-corrected chi connectivity index (χ2v) is 4.56. The molecule has 1 fully saturated rings. The molecule has 6 nitrogen and oxygen atoms in total. The lowest BCUT2D eigenvalue weighted by atomic mass is 10.2. The molecule has 2 unspecified atom stereocenters. The number of para-hydroxylation sites is 1. The number of carbonyl (C=O) groups excluding carboxylic acids is 1. The Hall–Kier alpha value is -2.08. The summed E-state index contributed by atoms with van der Waals surface area (Å²) in [6.45, 7) is 2.31. The standard InChI is InChI=1S/C14H17NO5/c1-10(20-11-5-3-2-4-6-11)13(16)15-7-8-19-12(9-15)14(17)18/h2-6,10,12H,7-9H2,1H3,(H,17,18). The number of carboxylic acids is 1. The first-order valence-electron chi connectivity index (χ1n) is 6.43. The van der Waals surface area contributed by atoms with E-state index in [1.807, 2.05) is 18.2 Å². The van der Waals surface area contributed by atoms with Crippen molar-refractivity contribution in [2.24, 2.45) is 0 Å². The first-order chi connectivity index (χ1) is 9.58. The van der Waals surface area contributed by atoms with Gasteiger partial charge in [-0.3, -0.25) is 4.79 Å². The third-order valence-corrected chi connectivity index (χ3v) is 3.06. The van der Waals surface area contributed by atoms with Gasteiger partial charge >= 0.3 is 5.97 Å². The molecular weight excluding hydrogens is 262 g/mol. The average molecular weight is 279 g/mol. The van der Waals surface area contributed by atoms with Crippen molar-refractivity contribution in [2.45, 2.75) is 19.1 Å². The zero-order valence-corrected chi connectivity index (χ0v) is 11.2. The second kappa shape index (κ2) is 6.38. The molecule has 1 aliphatic rings. The maximum atomic E-state index is 12.2. The van der Waals surface area contributed by atoms with Crippen LogP contribution in [0.15, 0.2) is 30.3 Å². The van der Waals surface area contributed by atoms with Gasteiger partial charge in [-0.05, 0) is 19.1 Å². The highest BCUT2D eigenvalue weighted by atomic mass is 16.5. The highest BCUT2D eigenvalue weighted by Gasteiger charge is 2.31. The predicted octanol–water partition coefficient (Wildman–Crippen LogP) is 0.766. The van der Waals surface area contributed by atoms with Crippen molar-refractivity contribution in [2.75, 3.05) is 19.7 Å². The first kappa shape index (κ1) is 14.3. The van der Waals surface area contributed by atoms with Crippen molar-refractivity contribution in [1.82, 2.24) is 4.90 Å². The monoisotopic (exact) mass is 279 g/mol. The van der Waals surface area contributed by atoms with Gasteiger partial charge in [0.15, 0.2) is 12.2 Å². The molecule has 108 valence electrons. The molecule has 0 aromatic heterocycles. The molecule has 2 rings (SSSR count). The molecule has 0 bridgehead atoms. The first-order valence-corrected chi connectivity index (χ1v) is 6.43. The molecule has 1 aromatic rings. The lowest BCUT2D eigenvalue weighted by Crippen LogP contribution is -2.51. The van der Waals surface area contributed by atoms with E-state index in [4.69, 9.17) is 14.6 Å². The zero-order chi connectivity index (χ0) is 14.5. The molecular formula is C14H17NO5. The second-order valence-electron chi connectivity index (χ2n) is 4.56. The molecule has 1 N–H and O–H groups in total. The van der Waals surface area contributed by atoms with E-state index in [-0.39, 0.29) is 19.1 Å². The van der Waals surface area contributed by atoms with Gasteiger partial charge in [0, 0.05) is 6.54 Å². The Balaban J connectivity index is 1.94. The van der Waals surface area contributed by atoms with Crippen LogP contribution in [0.2, 0.25) is 0 Å². The third-order valence-electron chi connectivity index (χ3n) is 3.06. The summed E-state index contributed by atoms with van der Waals surface area (Å²) in [7, 11) is 0. The van der Waals surface area contributed by atoms with Crippen molar-refractivity contribution in [3.05, 3.63) is 30.3 Å². The van der Waals surface area contributed by atoms with E-state index >= 15 is 0 Å². The minimum atomic E-state index is -1.06. The predicted molar refractivity (Wildman–Crippen MR) is 70.5 cm³/mol. The zero-order valence-electron chi connectivity index (χ0n) is 11.2. The highest BCUT2D eigenvalue weighted by Crippen LogP contribution is 2.13. The van der Waals surface area contributed by atoms with Crippen LogP contribution in [0, 0.1) is 0 Å². The number of aliphatic carboxylic acids is 1. The molecule has 1 heterocycles. The number of rotatable bonds is 4. The molecule has 1 aliphatic heterocycles. The molecule has 1 aromatic carbocycles. The van der Waals surface area contributed by atoms with Crippen LogP contribution in [0.4, 0.5) is 0 Å². The number of carboxylic acid groups (broad SMARTS) is 1. The number of nitrogens with zero attached hydrogens (tertiary/aromatic N) is 1. The van der Waals surface area contributed by atoms with E-state index in [0.29, 0.717) is 12.3 Å². The van der Waals surface area contributed by atoms with Gasteiger partial charge in [-0.15, -0.1) is 0 Å². The van der Waals surface area contributed by atoms with Gasteiger partial charge in [-0.2, -0.15) is 0 Å². The molecule has 0 saturated carbocycles. The number of amides is 1. The van der Waals surface area contributed by atoms with Crippen LogP contribution in [0.1, 0.15) is 6.92 Å². The van der Waals surface area contributed by atoms with Gasteiger partial charge in [0.2, 0.25) is 0 Å². The average Bonchev–Trinajstić information content (AvgIpc) is 2.47. The quantitative estimate of drug-likeness (QED) is 0.881. The summed E-state index contributed by atoms with van der Waals surface area (Å²) in [4.78, 5) is 24.6. The number of morpholine rings is 1. The Bertz CT molecular complexity index is 476. The Morgan fingerprint density at radius 2 is 2.10 bits per heavy atom. The maximum Gasteiger partial charge on any atom is 0.334 e. The number of benzene rings is 1. The smallest absolute Gasteiger partial charge is 0.334 e. The Morgan fingerprint density at radius 3 is 2.75 bits per heavy atom. The van der Waals surface area contributed by atoms with Crippen LogP contribution in [-0.4, -0.2) is 53.8 Å². The SMILES string of the molecule is CC(Oc1ccccc1)C(=O)N1CCOC(C(=O)O)C1. The van der Waals surface area contributed by atoms with Crippen LogP contribution in [0.25, 0.3) is 0 Å². The fourth-order valence-corrected chi connectivity index (χ4v) is 2.01. The fraction of sp³-hybridized carbons (Fsp3) is 0.429. The van der Waals surface area contributed by atoms with Crippen molar-refractivity contribution >= 4 is 11.9 Å². The lowest BCUT2D eigenvalue weighted by molar-refractivity contribution is -0.161. The van der Waals surface area contributed by atoms with Crippen LogP contribution < -0.4 is 4.74 Å². The van der Waals surface area contributed by atoms with E-state index in [2.05, 4.69) is 0 Å². The molecule has 0 spiro atoms. The minimum absolute atomic E-state index is 0.0522. The summed E-state index contributed by atoms with van der Waals surface area (Å²) in [6.07, 6.45) is -1.62. The van der Waals surface area contributed by atoms with Gasteiger partial charge in [0.1, 0.15) is 5.75 Å². The summed E-state index contributed by atoms with van der Waals surface area (Å²) in [5.41, 5.74) is 0. The summed E-state index contributed by atoms with van der Waals surface area (Å²) < 4.78 is 10.6. The Kier molecular flexibility index (Phi) is 4.57. The summed E-state index contributed by atoms with van der Waals surface area (Å²) in [5, 5.41) is 8.92. The van der Waals surface area contributed by atoms with Crippen LogP contribution in [-0.2, 0) is 14.3 Å². The molecule has 6 heteroatoms. The minimum Gasteiger partial charge on any atom is -0.481 e. The van der Waals surface area contributed by atoms with E-state index in [9.17, 15) is 9.59 Å². The molecule has 1 saturated heterocycles. The lowest BCUT2D eigenvalue weighted by Gasteiger charge is -2.32. The van der Waals surface area contributed by atoms with Crippen LogP contribution in [0.3, 0.4) is 0 Å². The molecule has 1 amide bonds. The van der Waals surface area contributed by atoms with Crippen molar-refractivity contribution in [1.29, 1.82) is 0 Å². The number of ether oxygens (including phenoxy) is 2. The third kappa shape index (κ3) is 3.48. The van der Waals surface area contributed by atoms with Gasteiger partial charge in [0.25, 0.3) is 5.91 Å². The van der Waals surface area contributed by atoms with E-state index in [1.165, 1.54) is 4.90 Å². The Labute approximate surface area is 116 Å². The van der Waals surface area contributed by atoms with Crippen LogP contribution >= 0.6 is 0 Å². The molecule has 20 heavy (non-hydrogen) atoms. The van der Waals surface area contributed by atoms with Gasteiger partial charge < -0.3 is 19.5 Å². The maximum absolute atomic E-state index is 12.2. The topological polar surface area (TPSA) is 76.1 Å². The number of hydrogen-bond acceptors (Lipinski definition) is 4. The summed E-state index contributed by atoms with van der Waals surface area (Å²) in [5.74, 6) is -0.682. The highest BCUT2D eigenvalue weighted by molar-refractivity contribution is 5.82. The largest absolute Gasteiger partial charge is 0.481 e. The number of hydrogen-bond donors (Lipinski definition) is 1. The van der Waals surface area contributed by atoms with E-state index in [0.717, 1.165) is 0 Å². The normalized spacial score (nSPS) is 20.2. The van der Waals surface area contributed by atoms with E-state index in [1.54, 1.807) is 19.1 Å².